The van der Waals surface area contributed by atoms with Crippen LogP contribution >= 0.6 is 0 Å². The zero-order valence-electron chi connectivity index (χ0n) is 16.0. The van der Waals surface area contributed by atoms with E-state index in [1.165, 1.54) is 51.0 Å². The molecular weight excluding hydrogens is 308 g/mol. The van der Waals surface area contributed by atoms with E-state index in [2.05, 4.69) is 47.9 Å². The summed E-state index contributed by atoms with van der Waals surface area (Å²) in [6, 6.07) is 9.51. The molecule has 1 N–H and O–H groups in total. The van der Waals surface area contributed by atoms with Gasteiger partial charge in [0.1, 0.15) is 0 Å². The molecule has 3 nitrogen and oxygen atoms in total. The summed E-state index contributed by atoms with van der Waals surface area (Å²) in [4.78, 5) is 5.12. The van der Waals surface area contributed by atoms with Crippen molar-refractivity contribution in [1.29, 1.82) is 0 Å². The van der Waals surface area contributed by atoms with Crippen LogP contribution < -0.4 is 0 Å². The average Bonchev–Trinajstić information content (AvgIpc) is 3.32. The first kappa shape index (κ1) is 17.5. The van der Waals surface area contributed by atoms with Crippen molar-refractivity contribution in [1.82, 2.24) is 9.80 Å². The normalized spacial score (nSPS) is 33.4. The van der Waals surface area contributed by atoms with E-state index in [1.54, 1.807) is 0 Å². The zero-order valence-corrected chi connectivity index (χ0v) is 16.0. The summed E-state index contributed by atoms with van der Waals surface area (Å²) in [6.45, 7) is 10.5. The molecule has 0 spiro atoms. The number of fused-ring (bicyclic) bond motifs is 1. The first-order valence-electron chi connectivity index (χ1n) is 10.3. The molecule has 2 aliphatic heterocycles. The lowest BCUT2D eigenvalue weighted by molar-refractivity contribution is -0.00767. The van der Waals surface area contributed by atoms with Gasteiger partial charge in [-0.2, -0.15) is 0 Å². The Morgan fingerprint density at radius 2 is 1.84 bits per heavy atom. The highest BCUT2D eigenvalue weighted by atomic mass is 16.3. The van der Waals surface area contributed by atoms with Gasteiger partial charge in [-0.3, -0.25) is 0 Å². The van der Waals surface area contributed by atoms with Gasteiger partial charge in [0, 0.05) is 31.6 Å². The van der Waals surface area contributed by atoms with Gasteiger partial charge in [-0.1, -0.05) is 24.3 Å². The van der Waals surface area contributed by atoms with Crippen LogP contribution in [-0.2, 0) is 12.0 Å². The summed E-state index contributed by atoms with van der Waals surface area (Å²) >= 11 is 0. The second kappa shape index (κ2) is 7.02. The second-order valence-corrected chi connectivity index (χ2v) is 8.87. The molecule has 0 amide bonds. The highest BCUT2D eigenvalue weighted by molar-refractivity contribution is 5.30. The molecule has 3 aliphatic rings. The molecule has 1 aromatic carbocycles. The number of likely N-dealkylation sites (tertiary alicyclic amines) is 2. The summed E-state index contributed by atoms with van der Waals surface area (Å²) < 4.78 is 0. The molecule has 25 heavy (non-hydrogen) atoms. The lowest BCUT2D eigenvalue weighted by Crippen LogP contribution is -2.36. The predicted octanol–water partition coefficient (Wildman–Crippen LogP) is 3.26. The Morgan fingerprint density at radius 3 is 2.52 bits per heavy atom. The Balaban J connectivity index is 1.42. The molecule has 0 radical (unpaired) electrons. The Bertz CT molecular complexity index is 578. The van der Waals surface area contributed by atoms with E-state index in [4.69, 9.17) is 0 Å². The molecule has 3 fully saturated rings. The van der Waals surface area contributed by atoms with Crippen LogP contribution in [0.3, 0.4) is 0 Å². The van der Waals surface area contributed by atoms with Gasteiger partial charge in [-0.05, 0) is 76.1 Å². The third-order valence-corrected chi connectivity index (χ3v) is 7.08. The number of hydrogen-bond acceptors (Lipinski definition) is 3. The van der Waals surface area contributed by atoms with Crippen molar-refractivity contribution < 1.29 is 5.11 Å². The monoisotopic (exact) mass is 342 g/mol. The fourth-order valence-corrected chi connectivity index (χ4v) is 5.36. The number of nitrogens with zero attached hydrogens (tertiary/aromatic N) is 2. The SMILES string of the molecule is CC(C)N1CC2CCC(O)(c3ccc(CCN4CCCC4)cc3)C2C1. The second-order valence-electron chi connectivity index (χ2n) is 8.87. The fourth-order valence-electron chi connectivity index (χ4n) is 5.36. The number of hydrogen-bond donors (Lipinski definition) is 1. The third-order valence-electron chi connectivity index (χ3n) is 7.08. The van der Waals surface area contributed by atoms with E-state index < -0.39 is 5.60 Å². The molecule has 1 aliphatic carbocycles. The molecule has 0 bridgehead atoms. The largest absolute Gasteiger partial charge is 0.385 e. The minimum absolute atomic E-state index is 0.408. The molecule has 4 rings (SSSR count). The lowest BCUT2D eigenvalue weighted by Gasteiger charge is -2.31. The van der Waals surface area contributed by atoms with Crippen molar-refractivity contribution >= 4 is 0 Å². The number of aliphatic hydroxyl groups is 1. The smallest absolute Gasteiger partial charge is 0.0940 e. The highest BCUT2D eigenvalue weighted by Gasteiger charge is 2.52. The van der Waals surface area contributed by atoms with Crippen LogP contribution in [0, 0.1) is 11.8 Å². The fraction of sp³-hybridized carbons (Fsp3) is 0.727. The van der Waals surface area contributed by atoms with Crippen LogP contribution in [0.15, 0.2) is 24.3 Å². The zero-order chi connectivity index (χ0) is 17.4. The van der Waals surface area contributed by atoms with Crippen LogP contribution in [0.5, 0.6) is 0 Å². The van der Waals surface area contributed by atoms with Crippen molar-refractivity contribution in [3.8, 4) is 0 Å². The summed E-state index contributed by atoms with van der Waals surface area (Å²) in [7, 11) is 0. The van der Waals surface area contributed by atoms with Crippen molar-refractivity contribution in [2.75, 3.05) is 32.7 Å². The summed E-state index contributed by atoms with van der Waals surface area (Å²) in [5, 5.41) is 11.5. The van der Waals surface area contributed by atoms with E-state index in [-0.39, 0.29) is 0 Å². The van der Waals surface area contributed by atoms with Crippen LogP contribution in [0.2, 0.25) is 0 Å². The highest BCUT2D eigenvalue weighted by Crippen LogP contribution is 2.50. The van der Waals surface area contributed by atoms with Crippen molar-refractivity contribution in [3.05, 3.63) is 35.4 Å². The Hall–Kier alpha value is -0.900. The molecule has 3 atom stereocenters. The maximum atomic E-state index is 11.5. The molecule has 1 saturated carbocycles. The van der Waals surface area contributed by atoms with Gasteiger partial charge in [0.2, 0.25) is 0 Å². The standard InChI is InChI=1S/C22H34N2O/c1-17(2)24-15-19-9-11-22(25,21(19)16-24)20-7-5-18(6-8-20)10-14-23-12-3-4-13-23/h5-8,17,19,21,25H,3-4,9-16H2,1-2H3. The van der Waals surface area contributed by atoms with Crippen molar-refractivity contribution in [3.63, 3.8) is 0 Å². The van der Waals surface area contributed by atoms with E-state index in [9.17, 15) is 5.11 Å². The quantitative estimate of drug-likeness (QED) is 0.890. The summed E-state index contributed by atoms with van der Waals surface area (Å²) in [5.74, 6) is 1.08. The first-order valence-corrected chi connectivity index (χ1v) is 10.3. The third kappa shape index (κ3) is 3.39. The van der Waals surface area contributed by atoms with Crippen molar-refractivity contribution in [2.45, 2.75) is 57.6 Å². The van der Waals surface area contributed by atoms with E-state index in [1.807, 2.05) is 0 Å². The van der Waals surface area contributed by atoms with Crippen LogP contribution in [0.1, 0.15) is 50.7 Å². The van der Waals surface area contributed by atoms with Crippen LogP contribution in [0.25, 0.3) is 0 Å². The van der Waals surface area contributed by atoms with Crippen LogP contribution in [-0.4, -0.2) is 53.7 Å². The molecule has 3 heteroatoms. The van der Waals surface area contributed by atoms with Gasteiger partial charge < -0.3 is 14.9 Å². The van der Waals surface area contributed by atoms with Gasteiger partial charge in [0.15, 0.2) is 0 Å². The van der Waals surface area contributed by atoms with Crippen LogP contribution in [0.4, 0.5) is 0 Å². The minimum Gasteiger partial charge on any atom is -0.385 e. The maximum absolute atomic E-state index is 11.5. The molecular formula is C22H34N2O. The van der Waals surface area contributed by atoms with Gasteiger partial charge in [-0.15, -0.1) is 0 Å². The molecule has 1 aromatic rings. The Labute approximate surface area is 153 Å². The summed E-state index contributed by atoms with van der Waals surface area (Å²) in [5.41, 5.74) is 1.95. The first-order chi connectivity index (χ1) is 12.1. The van der Waals surface area contributed by atoms with Gasteiger partial charge in [0.25, 0.3) is 0 Å². The Kier molecular flexibility index (Phi) is 4.91. The average molecular weight is 343 g/mol. The number of benzene rings is 1. The molecule has 2 heterocycles. The van der Waals surface area contributed by atoms with E-state index in [0.717, 1.165) is 24.9 Å². The van der Waals surface area contributed by atoms with E-state index >= 15 is 0 Å². The molecule has 138 valence electrons. The Morgan fingerprint density at radius 1 is 1.12 bits per heavy atom. The van der Waals surface area contributed by atoms with Gasteiger partial charge >= 0.3 is 0 Å². The molecule has 0 aromatic heterocycles. The topological polar surface area (TPSA) is 26.7 Å². The number of rotatable bonds is 5. The lowest BCUT2D eigenvalue weighted by atomic mass is 9.82. The predicted molar refractivity (Wildman–Crippen MR) is 103 cm³/mol. The van der Waals surface area contributed by atoms with Gasteiger partial charge in [0.05, 0.1) is 5.60 Å². The van der Waals surface area contributed by atoms with Crippen molar-refractivity contribution in [2.24, 2.45) is 11.8 Å². The molecule has 2 saturated heterocycles. The van der Waals surface area contributed by atoms with Gasteiger partial charge in [-0.25, -0.2) is 0 Å². The molecule has 3 unspecified atom stereocenters. The summed E-state index contributed by atoms with van der Waals surface area (Å²) in [6.07, 6.45) is 5.96. The maximum Gasteiger partial charge on any atom is 0.0940 e. The van der Waals surface area contributed by atoms with E-state index in [0.29, 0.717) is 17.9 Å². The minimum atomic E-state index is -0.609.